The SMILES string of the molecule is Cc1ccc(NC(=O)C(C)(O)CCc2cccnc2)cc1. The first kappa shape index (κ1) is 15.2. The van der Waals surface area contributed by atoms with E-state index in [1.54, 1.807) is 12.4 Å². The number of amides is 1. The molecule has 0 aliphatic carbocycles. The highest BCUT2D eigenvalue weighted by Gasteiger charge is 2.29. The third-order valence-electron chi connectivity index (χ3n) is 3.42. The molecular weight excluding hydrogens is 264 g/mol. The number of benzene rings is 1. The first-order valence-corrected chi connectivity index (χ1v) is 6.97. The van der Waals surface area contributed by atoms with Crippen molar-refractivity contribution in [3.8, 4) is 0 Å². The van der Waals surface area contributed by atoms with Gasteiger partial charge < -0.3 is 10.4 Å². The summed E-state index contributed by atoms with van der Waals surface area (Å²) in [6, 6.07) is 11.3. The van der Waals surface area contributed by atoms with Crippen molar-refractivity contribution in [2.75, 3.05) is 5.32 Å². The Kier molecular flexibility index (Phi) is 4.70. The Hall–Kier alpha value is -2.20. The smallest absolute Gasteiger partial charge is 0.256 e. The lowest BCUT2D eigenvalue weighted by Gasteiger charge is -2.22. The number of aryl methyl sites for hydroxylation is 2. The molecule has 2 aromatic rings. The molecule has 0 bridgehead atoms. The lowest BCUT2D eigenvalue weighted by Crippen LogP contribution is -2.40. The molecule has 4 heteroatoms. The minimum absolute atomic E-state index is 0.344. The predicted octanol–water partition coefficient (Wildman–Crippen LogP) is 2.71. The van der Waals surface area contributed by atoms with Crippen molar-refractivity contribution in [2.45, 2.75) is 32.3 Å². The monoisotopic (exact) mass is 284 g/mol. The van der Waals surface area contributed by atoms with E-state index < -0.39 is 11.5 Å². The molecule has 1 heterocycles. The van der Waals surface area contributed by atoms with Gasteiger partial charge in [-0.05, 0) is 50.5 Å². The third-order valence-corrected chi connectivity index (χ3v) is 3.42. The molecule has 4 nitrogen and oxygen atoms in total. The van der Waals surface area contributed by atoms with Crippen LogP contribution in [-0.4, -0.2) is 21.6 Å². The second-order valence-electron chi connectivity index (χ2n) is 5.46. The fourth-order valence-corrected chi connectivity index (χ4v) is 1.95. The second-order valence-corrected chi connectivity index (χ2v) is 5.46. The fraction of sp³-hybridized carbons (Fsp3) is 0.294. The fourth-order valence-electron chi connectivity index (χ4n) is 1.95. The summed E-state index contributed by atoms with van der Waals surface area (Å²) >= 11 is 0. The highest BCUT2D eigenvalue weighted by Crippen LogP contribution is 2.17. The third kappa shape index (κ3) is 4.39. The normalized spacial score (nSPS) is 13.5. The Bertz CT molecular complexity index is 592. The average molecular weight is 284 g/mol. The molecular formula is C17H20N2O2. The van der Waals surface area contributed by atoms with Gasteiger partial charge in [-0.15, -0.1) is 0 Å². The minimum Gasteiger partial charge on any atom is -0.380 e. The average Bonchev–Trinajstić information content (AvgIpc) is 2.48. The molecule has 0 fully saturated rings. The summed E-state index contributed by atoms with van der Waals surface area (Å²) in [5.41, 5.74) is 1.39. The van der Waals surface area contributed by atoms with Gasteiger partial charge in [0.15, 0.2) is 0 Å². The van der Waals surface area contributed by atoms with Gasteiger partial charge in [-0.25, -0.2) is 0 Å². The molecule has 0 radical (unpaired) electrons. The quantitative estimate of drug-likeness (QED) is 0.887. The molecule has 1 unspecified atom stereocenters. The maximum absolute atomic E-state index is 12.2. The summed E-state index contributed by atoms with van der Waals surface area (Å²) in [6.07, 6.45) is 4.39. The van der Waals surface area contributed by atoms with Crippen LogP contribution in [0.15, 0.2) is 48.8 Å². The number of nitrogens with one attached hydrogen (secondary N) is 1. The van der Waals surface area contributed by atoms with Crippen molar-refractivity contribution in [3.63, 3.8) is 0 Å². The number of nitrogens with zero attached hydrogens (tertiary/aromatic N) is 1. The van der Waals surface area contributed by atoms with E-state index in [2.05, 4.69) is 10.3 Å². The number of hydrogen-bond donors (Lipinski definition) is 2. The van der Waals surface area contributed by atoms with Gasteiger partial charge in [0, 0.05) is 18.1 Å². The lowest BCUT2D eigenvalue weighted by molar-refractivity contribution is -0.132. The molecule has 0 saturated heterocycles. The number of hydrogen-bond acceptors (Lipinski definition) is 3. The van der Waals surface area contributed by atoms with Crippen molar-refractivity contribution in [1.29, 1.82) is 0 Å². The highest BCUT2D eigenvalue weighted by atomic mass is 16.3. The molecule has 1 amide bonds. The molecule has 0 aliphatic heterocycles. The first-order valence-electron chi connectivity index (χ1n) is 6.97. The van der Waals surface area contributed by atoms with Crippen LogP contribution in [0.4, 0.5) is 5.69 Å². The number of pyridine rings is 1. The van der Waals surface area contributed by atoms with Crippen LogP contribution in [0.25, 0.3) is 0 Å². The van der Waals surface area contributed by atoms with E-state index in [0.717, 1.165) is 11.1 Å². The summed E-state index contributed by atoms with van der Waals surface area (Å²) in [7, 11) is 0. The number of aliphatic hydroxyl groups is 1. The molecule has 2 rings (SSSR count). The van der Waals surface area contributed by atoms with Crippen molar-refractivity contribution < 1.29 is 9.90 Å². The standard InChI is InChI=1S/C17H20N2O2/c1-13-5-7-15(8-6-13)19-16(20)17(2,21)10-9-14-4-3-11-18-12-14/h3-8,11-12,21H,9-10H2,1-2H3,(H,19,20). The van der Waals surface area contributed by atoms with Crippen molar-refractivity contribution >= 4 is 11.6 Å². The first-order chi connectivity index (χ1) is 9.97. The number of aromatic nitrogens is 1. The topological polar surface area (TPSA) is 62.2 Å². The van der Waals surface area contributed by atoms with Gasteiger partial charge in [0.25, 0.3) is 5.91 Å². The van der Waals surface area contributed by atoms with Crippen LogP contribution in [0, 0.1) is 6.92 Å². The van der Waals surface area contributed by atoms with E-state index >= 15 is 0 Å². The van der Waals surface area contributed by atoms with E-state index in [1.807, 2.05) is 43.3 Å². The van der Waals surface area contributed by atoms with Crippen molar-refractivity contribution in [2.24, 2.45) is 0 Å². The maximum atomic E-state index is 12.2. The van der Waals surface area contributed by atoms with Gasteiger partial charge in [0.1, 0.15) is 5.60 Å². The van der Waals surface area contributed by atoms with E-state index in [0.29, 0.717) is 18.5 Å². The van der Waals surface area contributed by atoms with E-state index in [4.69, 9.17) is 0 Å². The van der Waals surface area contributed by atoms with E-state index in [9.17, 15) is 9.90 Å². The number of rotatable bonds is 5. The lowest BCUT2D eigenvalue weighted by atomic mass is 9.96. The van der Waals surface area contributed by atoms with Gasteiger partial charge >= 0.3 is 0 Å². The van der Waals surface area contributed by atoms with Gasteiger partial charge in [0.2, 0.25) is 0 Å². The van der Waals surface area contributed by atoms with Crippen molar-refractivity contribution in [1.82, 2.24) is 4.98 Å². The van der Waals surface area contributed by atoms with E-state index in [-0.39, 0.29) is 0 Å². The number of anilines is 1. The molecule has 0 spiro atoms. The van der Waals surface area contributed by atoms with Crippen LogP contribution in [0.2, 0.25) is 0 Å². The Morgan fingerprint density at radius 3 is 2.62 bits per heavy atom. The highest BCUT2D eigenvalue weighted by molar-refractivity contribution is 5.96. The second kappa shape index (κ2) is 6.50. The molecule has 0 aliphatic rings. The van der Waals surface area contributed by atoms with Crippen LogP contribution in [0.5, 0.6) is 0 Å². The molecule has 0 saturated carbocycles. The molecule has 1 aromatic heterocycles. The van der Waals surface area contributed by atoms with Gasteiger partial charge in [-0.3, -0.25) is 9.78 Å². The summed E-state index contributed by atoms with van der Waals surface area (Å²) < 4.78 is 0. The van der Waals surface area contributed by atoms with E-state index in [1.165, 1.54) is 6.92 Å². The summed E-state index contributed by atoms with van der Waals surface area (Å²) in [6.45, 7) is 3.52. The Morgan fingerprint density at radius 1 is 1.29 bits per heavy atom. The van der Waals surface area contributed by atoms with Crippen LogP contribution in [0.3, 0.4) is 0 Å². The zero-order valence-electron chi connectivity index (χ0n) is 12.3. The number of carbonyl (C=O) groups excluding carboxylic acids is 1. The Morgan fingerprint density at radius 2 is 2.00 bits per heavy atom. The summed E-state index contributed by atoms with van der Waals surface area (Å²) in [5, 5.41) is 13.1. The van der Waals surface area contributed by atoms with Gasteiger partial charge in [-0.1, -0.05) is 23.8 Å². The zero-order chi connectivity index (χ0) is 15.3. The largest absolute Gasteiger partial charge is 0.380 e. The van der Waals surface area contributed by atoms with Crippen LogP contribution in [-0.2, 0) is 11.2 Å². The molecule has 2 N–H and O–H groups in total. The Balaban J connectivity index is 1.95. The molecule has 110 valence electrons. The van der Waals surface area contributed by atoms with Gasteiger partial charge in [0.05, 0.1) is 0 Å². The Labute approximate surface area is 124 Å². The summed E-state index contributed by atoms with van der Waals surface area (Å²) in [5.74, 6) is -0.393. The van der Waals surface area contributed by atoms with Crippen molar-refractivity contribution in [3.05, 3.63) is 59.9 Å². The van der Waals surface area contributed by atoms with Crippen LogP contribution in [0.1, 0.15) is 24.5 Å². The summed E-state index contributed by atoms with van der Waals surface area (Å²) in [4.78, 5) is 16.2. The minimum atomic E-state index is -1.42. The van der Waals surface area contributed by atoms with Crippen LogP contribution >= 0.6 is 0 Å². The molecule has 21 heavy (non-hydrogen) atoms. The molecule has 1 atom stereocenters. The zero-order valence-corrected chi connectivity index (χ0v) is 12.3. The van der Waals surface area contributed by atoms with Crippen LogP contribution < -0.4 is 5.32 Å². The maximum Gasteiger partial charge on any atom is 0.256 e. The molecule has 1 aromatic carbocycles. The number of carbonyl (C=O) groups is 1. The predicted molar refractivity (Wildman–Crippen MR) is 83.0 cm³/mol. The van der Waals surface area contributed by atoms with Gasteiger partial charge in [-0.2, -0.15) is 0 Å².